The van der Waals surface area contributed by atoms with Crippen LogP contribution in [0.25, 0.3) is 0 Å². The van der Waals surface area contributed by atoms with Crippen molar-refractivity contribution in [1.29, 1.82) is 0 Å². The molecule has 22 heavy (non-hydrogen) atoms. The van der Waals surface area contributed by atoms with Gasteiger partial charge in [0.25, 0.3) is 0 Å². The summed E-state index contributed by atoms with van der Waals surface area (Å²) in [5, 5.41) is 3.45. The molecule has 0 aliphatic heterocycles. The number of benzene rings is 1. The number of aromatic amines is 1. The number of imidazole rings is 1. The van der Waals surface area contributed by atoms with Gasteiger partial charge >= 0.3 is 5.97 Å². The Bertz CT molecular complexity index is 624. The zero-order chi connectivity index (χ0) is 15.9. The van der Waals surface area contributed by atoms with Crippen molar-refractivity contribution in [2.45, 2.75) is 25.1 Å². The van der Waals surface area contributed by atoms with E-state index in [-0.39, 0.29) is 23.7 Å². The average molecular weight is 319 g/mol. The van der Waals surface area contributed by atoms with E-state index in [2.05, 4.69) is 15.3 Å². The van der Waals surface area contributed by atoms with Gasteiger partial charge in [0, 0.05) is 18.1 Å². The predicted molar refractivity (Wildman–Crippen MR) is 84.9 cm³/mol. The molecule has 0 atom stereocenters. The van der Waals surface area contributed by atoms with Crippen molar-refractivity contribution < 1.29 is 14.3 Å². The van der Waals surface area contributed by atoms with Crippen LogP contribution in [0.4, 0.5) is 5.69 Å². The molecule has 1 aromatic carbocycles. The summed E-state index contributed by atoms with van der Waals surface area (Å²) in [6, 6.07) is 6.60. The first-order valence-corrected chi connectivity index (χ1v) is 7.76. The maximum Gasteiger partial charge on any atom is 0.338 e. The van der Waals surface area contributed by atoms with E-state index in [9.17, 15) is 9.59 Å². The maximum absolute atomic E-state index is 11.8. The number of aromatic nitrogens is 2. The van der Waals surface area contributed by atoms with Gasteiger partial charge in [-0.3, -0.25) is 4.79 Å². The lowest BCUT2D eigenvalue weighted by Gasteiger charge is -2.09. The van der Waals surface area contributed by atoms with E-state index in [1.807, 2.05) is 0 Å². The molecular formula is C15H17N3O3S. The first-order valence-electron chi connectivity index (χ1n) is 6.77. The fraction of sp³-hybridized carbons (Fsp3) is 0.267. The summed E-state index contributed by atoms with van der Waals surface area (Å²) < 4.78 is 5.10. The molecule has 0 saturated carbocycles. The monoisotopic (exact) mass is 319 g/mol. The first kappa shape index (κ1) is 16.1. The number of ether oxygens (including phenoxy) is 1. The van der Waals surface area contributed by atoms with Crippen LogP contribution >= 0.6 is 11.8 Å². The largest absolute Gasteiger partial charge is 0.459 e. The Hall–Kier alpha value is -2.28. The van der Waals surface area contributed by atoms with E-state index in [0.29, 0.717) is 16.4 Å². The third-order valence-corrected chi connectivity index (χ3v) is 3.46. The number of anilines is 1. The number of esters is 1. The number of nitrogens with one attached hydrogen (secondary N) is 2. The minimum absolute atomic E-state index is 0.140. The predicted octanol–water partition coefficient (Wildman–Crippen LogP) is 2.71. The summed E-state index contributed by atoms with van der Waals surface area (Å²) in [5.41, 5.74) is 1.09. The Labute approximate surface area is 132 Å². The first-order chi connectivity index (χ1) is 10.5. The third kappa shape index (κ3) is 4.92. The Morgan fingerprint density at radius 1 is 1.32 bits per heavy atom. The lowest BCUT2D eigenvalue weighted by atomic mass is 10.2. The Balaban J connectivity index is 1.85. The molecule has 6 nitrogen and oxygen atoms in total. The Morgan fingerprint density at radius 3 is 2.64 bits per heavy atom. The molecule has 116 valence electrons. The summed E-state index contributed by atoms with van der Waals surface area (Å²) in [4.78, 5) is 30.4. The van der Waals surface area contributed by atoms with Crippen LogP contribution in [-0.2, 0) is 9.53 Å². The van der Waals surface area contributed by atoms with Gasteiger partial charge in [-0.1, -0.05) is 11.8 Å². The summed E-state index contributed by atoms with van der Waals surface area (Å²) in [6.07, 6.45) is 3.18. The van der Waals surface area contributed by atoms with Crippen molar-refractivity contribution in [3.05, 3.63) is 42.2 Å². The highest BCUT2D eigenvalue weighted by Crippen LogP contribution is 2.14. The van der Waals surface area contributed by atoms with Crippen LogP contribution in [0.1, 0.15) is 24.2 Å². The highest BCUT2D eigenvalue weighted by Gasteiger charge is 2.10. The second kappa shape index (κ2) is 7.65. The molecule has 1 amide bonds. The van der Waals surface area contributed by atoms with E-state index >= 15 is 0 Å². The summed E-state index contributed by atoms with van der Waals surface area (Å²) in [6.45, 7) is 3.59. The standard InChI is InChI=1S/C15H17N3O3S/c1-10(2)21-14(20)11-3-5-12(6-4-11)18-13(19)9-22-15-16-7-8-17-15/h3-8,10H,9H2,1-2H3,(H,16,17)(H,18,19). The van der Waals surface area contributed by atoms with E-state index < -0.39 is 0 Å². The number of hydrogen-bond donors (Lipinski definition) is 2. The lowest BCUT2D eigenvalue weighted by Crippen LogP contribution is -2.15. The van der Waals surface area contributed by atoms with Gasteiger partial charge in [-0.15, -0.1) is 0 Å². The van der Waals surface area contributed by atoms with Crippen LogP contribution in [0.3, 0.4) is 0 Å². The molecule has 2 rings (SSSR count). The number of thioether (sulfide) groups is 1. The van der Waals surface area contributed by atoms with Crippen LogP contribution in [-0.4, -0.2) is 33.7 Å². The smallest absolute Gasteiger partial charge is 0.338 e. The topological polar surface area (TPSA) is 84.1 Å². The molecule has 2 N–H and O–H groups in total. The molecule has 0 saturated heterocycles. The van der Waals surface area contributed by atoms with Crippen LogP contribution in [0, 0.1) is 0 Å². The Morgan fingerprint density at radius 2 is 2.05 bits per heavy atom. The van der Waals surface area contributed by atoms with E-state index in [1.165, 1.54) is 11.8 Å². The minimum atomic E-state index is -0.374. The highest BCUT2D eigenvalue weighted by atomic mass is 32.2. The number of rotatable bonds is 6. The van der Waals surface area contributed by atoms with E-state index in [1.54, 1.807) is 50.5 Å². The average Bonchev–Trinajstić information content (AvgIpc) is 2.98. The number of hydrogen-bond acceptors (Lipinski definition) is 5. The van der Waals surface area contributed by atoms with Gasteiger partial charge in [0.15, 0.2) is 5.16 Å². The van der Waals surface area contributed by atoms with E-state index in [4.69, 9.17) is 4.74 Å². The second-order valence-electron chi connectivity index (χ2n) is 4.76. The molecule has 0 unspecified atom stereocenters. The van der Waals surface area contributed by atoms with Gasteiger partial charge in [0.2, 0.25) is 5.91 Å². The zero-order valence-corrected chi connectivity index (χ0v) is 13.1. The fourth-order valence-corrected chi connectivity index (χ4v) is 2.26. The summed E-state index contributed by atoms with van der Waals surface area (Å²) in [7, 11) is 0. The quantitative estimate of drug-likeness (QED) is 0.632. The maximum atomic E-state index is 11.8. The van der Waals surface area contributed by atoms with Gasteiger partial charge in [-0.2, -0.15) is 0 Å². The molecule has 0 aliphatic rings. The highest BCUT2D eigenvalue weighted by molar-refractivity contribution is 7.99. The third-order valence-electron chi connectivity index (χ3n) is 2.56. The zero-order valence-electron chi connectivity index (χ0n) is 12.3. The van der Waals surface area contributed by atoms with Crippen molar-refractivity contribution in [2.24, 2.45) is 0 Å². The molecule has 7 heteroatoms. The molecular weight excluding hydrogens is 302 g/mol. The van der Waals surface area contributed by atoms with Crippen molar-refractivity contribution in [3.63, 3.8) is 0 Å². The van der Waals surface area contributed by atoms with Gasteiger partial charge in [0.05, 0.1) is 17.4 Å². The number of carbonyl (C=O) groups is 2. The summed E-state index contributed by atoms with van der Waals surface area (Å²) in [5.74, 6) is -0.259. The lowest BCUT2D eigenvalue weighted by molar-refractivity contribution is -0.113. The number of H-pyrrole nitrogens is 1. The number of carbonyl (C=O) groups excluding carboxylic acids is 2. The summed E-state index contributed by atoms with van der Waals surface area (Å²) >= 11 is 1.32. The Kier molecular flexibility index (Phi) is 5.60. The molecule has 2 aromatic rings. The molecule has 0 fully saturated rings. The van der Waals surface area contributed by atoms with Gasteiger partial charge in [-0.05, 0) is 38.1 Å². The van der Waals surface area contributed by atoms with Crippen LogP contribution < -0.4 is 5.32 Å². The fourth-order valence-electron chi connectivity index (χ4n) is 1.63. The van der Waals surface area contributed by atoms with Crippen molar-refractivity contribution in [1.82, 2.24) is 9.97 Å². The van der Waals surface area contributed by atoms with Crippen LogP contribution in [0.2, 0.25) is 0 Å². The molecule has 1 heterocycles. The van der Waals surface area contributed by atoms with Gasteiger partial charge in [-0.25, -0.2) is 9.78 Å². The van der Waals surface area contributed by atoms with Gasteiger partial charge < -0.3 is 15.0 Å². The molecule has 0 aliphatic carbocycles. The SMILES string of the molecule is CC(C)OC(=O)c1ccc(NC(=O)CSc2ncc[nH]2)cc1. The second-order valence-corrected chi connectivity index (χ2v) is 5.73. The number of nitrogens with zero attached hydrogens (tertiary/aromatic N) is 1. The van der Waals surface area contributed by atoms with Crippen molar-refractivity contribution >= 4 is 29.3 Å². The normalized spacial score (nSPS) is 10.5. The van der Waals surface area contributed by atoms with Gasteiger partial charge in [0.1, 0.15) is 0 Å². The van der Waals surface area contributed by atoms with Crippen molar-refractivity contribution in [2.75, 3.05) is 11.1 Å². The molecule has 1 aromatic heterocycles. The van der Waals surface area contributed by atoms with Crippen LogP contribution in [0.5, 0.6) is 0 Å². The number of amides is 1. The van der Waals surface area contributed by atoms with Crippen LogP contribution in [0.15, 0.2) is 41.8 Å². The molecule has 0 spiro atoms. The molecule has 0 bridgehead atoms. The van der Waals surface area contributed by atoms with Crippen molar-refractivity contribution in [3.8, 4) is 0 Å². The minimum Gasteiger partial charge on any atom is -0.459 e. The van der Waals surface area contributed by atoms with E-state index in [0.717, 1.165) is 0 Å². The molecule has 0 radical (unpaired) electrons.